The van der Waals surface area contributed by atoms with Crippen molar-refractivity contribution in [3.05, 3.63) is 42.1 Å². The van der Waals surface area contributed by atoms with Gasteiger partial charge in [0.1, 0.15) is 17.5 Å². The largest absolute Gasteiger partial charge is 0.488 e. The van der Waals surface area contributed by atoms with Gasteiger partial charge in [0, 0.05) is 43.2 Å². The van der Waals surface area contributed by atoms with E-state index in [1.165, 1.54) is 12.5 Å². The number of nitrogens with zero attached hydrogens (tertiary/aromatic N) is 2. The third kappa shape index (κ3) is 5.21. The average molecular weight is 438 g/mol. The van der Waals surface area contributed by atoms with Crippen molar-refractivity contribution in [1.29, 1.82) is 0 Å². The number of carbonyl (C=O) groups excluding carboxylic acids is 2. The number of pyridine rings is 1. The van der Waals surface area contributed by atoms with Gasteiger partial charge in [-0.3, -0.25) is 9.78 Å². The minimum atomic E-state index is -0.473. The zero-order valence-electron chi connectivity index (χ0n) is 19.2. The van der Waals surface area contributed by atoms with E-state index in [2.05, 4.69) is 16.4 Å². The van der Waals surface area contributed by atoms with E-state index in [1.54, 1.807) is 4.90 Å². The van der Waals surface area contributed by atoms with E-state index in [0.717, 1.165) is 42.0 Å². The van der Waals surface area contributed by atoms with Gasteiger partial charge in [-0.25, -0.2) is 4.79 Å². The summed E-state index contributed by atoms with van der Waals surface area (Å²) in [7, 11) is 0. The molecule has 2 aromatic rings. The fourth-order valence-electron chi connectivity index (χ4n) is 4.30. The Morgan fingerprint density at radius 2 is 1.84 bits per heavy atom. The molecule has 0 radical (unpaired) electrons. The lowest BCUT2D eigenvalue weighted by Gasteiger charge is -2.35. The Labute approximate surface area is 189 Å². The lowest BCUT2D eigenvalue weighted by Crippen LogP contribution is -2.44. The van der Waals surface area contributed by atoms with Crippen molar-refractivity contribution in [2.24, 2.45) is 5.92 Å². The van der Waals surface area contributed by atoms with Crippen LogP contribution >= 0.6 is 0 Å². The monoisotopic (exact) mass is 437 g/mol. The van der Waals surface area contributed by atoms with Crippen molar-refractivity contribution >= 4 is 17.7 Å². The summed E-state index contributed by atoms with van der Waals surface area (Å²) in [6.45, 7) is 8.55. The van der Waals surface area contributed by atoms with Crippen LogP contribution in [0.15, 0.2) is 36.5 Å². The highest BCUT2D eigenvalue weighted by Crippen LogP contribution is 2.36. The number of anilines is 1. The Morgan fingerprint density at radius 3 is 2.47 bits per heavy atom. The molecule has 1 atom stereocenters. The van der Waals surface area contributed by atoms with Gasteiger partial charge < -0.3 is 19.7 Å². The van der Waals surface area contributed by atoms with E-state index in [4.69, 9.17) is 9.47 Å². The Morgan fingerprint density at radius 1 is 1.16 bits per heavy atom. The van der Waals surface area contributed by atoms with Crippen LogP contribution in [-0.4, -0.2) is 46.7 Å². The number of rotatable bonds is 3. The molecular weight excluding hydrogens is 406 g/mol. The zero-order valence-corrected chi connectivity index (χ0v) is 19.2. The van der Waals surface area contributed by atoms with E-state index in [0.29, 0.717) is 19.0 Å². The molecule has 32 heavy (non-hydrogen) atoms. The minimum absolute atomic E-state index is 0.0893. The summed E-state index contributed by atoms with van der Waals surface area (Å²) >= 11 is 0. The Kier molecular flexibility index (Phi) is 6.09. The van der Waals surface area contributed by atoms with Crippen LogP contribution in [0, 0.1) is 5.92 Å². The van der Waals surface area contributed by atoms with Gasteiger partial charge in [-0.2, -0.15) is 0 Å². The molecule has 2 amide bonds. The second-order valence-electron chi connectivity index (χ2n) is 9.60. The van der Waals surface area contributed by atoms with Gasteiger partial charge in [0.05, 0.1) is 11.9 Å². The molecule has 0 saturated carbocycles. The van der Waals surface area contributed by atoms with Gasteiger partial charge in [-0.05, 0) is 57.7 Å². The van der Waals surface area contributed by atoms with Gasteiger partial charge >= 0.3 is 6.09 Å². The first-order valence-corrected chi connectivity index (χ1v) is 11.2. The van der Waals surface area contributed by atoms with Crippen LogP contribution in [0.1, 0.15) is 46.1 Å². The highest BCUT2D eigenvalue weighted by Gasteiger charge is 2.35. The molecule has 1 N–H and O–H groups in total. The van der Waals surface area contributed by atoms with Crippen LogP contribution in [-0.2, 0) is 16.0 Å². The van der Waals surface area contributed by atoms with E-state index in [-0.39, 0.29) is 18.1 Å². The SMILES string of the molecule is CC(=O)Nc1ccc(-c2cc3c(cn2)OC(C2CCN(C(=O)OC(C)(C)C)CC2)C3)cc1. The van der Waals surface area contributed by atoms with Gasteiger partial charge in [0.2, 0.25) is 5.91 Å². The van der Waals surface area contributed by atoms with E-state index >= 15 is 0 Å². The summed E-state index contributed by atoms with van der Waals surface area (Å²) in [4.78, 5) is 29.9. The quantitative estimate of drug-likeness (QED) is 0.756. The average Bonchev–Trinajstić information content (AvgIpc) is 3.16. The maximum Gasteiger partial charge on any atom is 0.410 e. The van der Waals surface area contributed by atoms with E-state index < -0.39 is 5.60 Å². The maximum atomic E-state index is 12.3. The number of hydrogen-bond donors (Lipinski definition) is 1. The Bertz CT molecular complexity index is 989. The van der Waals surface area contributed by atoms with Crippen LogP contribution in [0.3, 0.4) is 0 Å². The first-order chi connectivity index (χ1) is 15.2. The van der Waals surface area contributed by atoms with Gasteiger partial charge in [-0.15, -0.1) is 0 Å². The molecule has 1 saturated heterocycles. The molecule has 0 spiro atoms. The number of amides is 2. The molecule has 1 aromatic heterocycles. The molecule has 4 rings (SSSR count). The number of aromatic nitrogens is 1. The third-order valence-corrected chi connectivity index (χ3v) is 5.87. The number of nitrogens with one attached hydrogen (secondary N) is 1. The molecule has 170 valence electrons. The highest BCUT2D eigenvalue weighted by atomic mass is 16.6. The first-order valence-electron chi connectivity index (χ1n) is 11.2. The number of hydrogen-bond acceptors (Lipinski definition) is 5. The molecule has 1 aromatic carbocycles. The normalized spacial score (nSPS) is 18.6. The van der Waals surface area contributed by atoms with Crippen LogP contribution in [0.5, 0.6) is 5.75 Å². The molecule has 7 heteroatoms. The second-order valence-corrected chi connectivity index (χ2v) is 9.60. The Hall–Kier alpha value is -3.09. The molecule has 2 aliphatic heterocycles. The number of benzene rings is 1. The Balaban J connectivity index is 1.36. The van der Waals surface area contributed by atoms with Crippen LogP contribution in [0.25, 0.3) is 11.3 Å². The minimum Gasteiger partial charge on any atom is -0.488 e. The number of ether oxygens (including phenoxy) is 2. The second kappa shape index (κ2) is 8.81. The van der Waals surface area contributed by atoms with Crippen molar-refractivity contribution in [3.63, 3.8) is 0 Å². The van der Waals surface area contributed by atoms with Gasteiger partial charge in [0.25, 0.3) is 0 Å². The van der Waals surface area contributed by atoms with Crippen molar-refractivity contribution in [1.82, 2.24) is 9.88 Å². The summed E-state index contributed by atoms with van der Waals surface area (Å²) in [6, 6.07) is 9.77. The third-order valence-electron chi connectivity index (χ3n) is 5.87. The summed E-state index contributed by atoms with van der Waals surface area (Å²) < 4.78 is 11.7. The fourth-order valence-corrected chi connectivity index (χ4v) is 4.30. The number of carbonyl (C=O) groups is 2. The molecule has 2 aliphatic rings. The highest BCUT2D eigenvalue weighted by molar-refractivity contribution is 5.88. The van der Waals surface area contributed by atoms with Crippen LogP contribution < -0.4 is 10.1 Å². The molecule has 1 unspecified atom stereocenters. The molecular formula is C25H31N3O4. The predicted molar refractivity (Wildman–Crippen MR) is 123 cm³/mol. The predicted octanol–water partition coefficient (Wildman–Crippen LogP) is 4.66. The van der Waals surface area contributed by atoms with Crippen molar-refractivity contribution in [2.45, 2.75) is 58.7 Å². The molecule has 0 bridgehead atoms. The van der Waals surface area contributed by atoms with Crippen molar-refractivity contribution in [3.8, 4) is 17.0 Å². The standard InChI is InChI=1S/C25H31N3O4/c1-16(29)27-20-7-5-17(6-8-20)21-13-19-14-22(31-23(19)15-26-21)18-9-11-28(12-10-18)24(30)32-25(2,3)4/h5-8,13,15,18,22H,9-12,14H2,1-4H3,(H,27,29). The topological polar surface area (TPSA) is 80.8 Å². The fraction of sp³-hybridized carbons (Fsp3) is 0.480. The van der Waals surface area contributed by atoms with Gasteiger partial charge in [0.15, 0.2) is 0 Å². The molecule has 7 nitrogen and oxygen atoms in total. The lowest BCUT2D eigenvalue weighted by atomic mass is 9.89. The number of piperidine rings is 1. The van der Waals surface area contributed by atoms with E-state index in [1.807, 2.05) is 51.2 Å². The first kappa shape index (κ1) is 22.1. The molecule has 3 heterocycles. The molecule has 0 aliphatic carbocycles. The smallest absolute Gasteiger partial charge is 0.410 e. The number of likely N-dealkylation sites (tertiary alicyclic amines) is 1. The lowest BCUT2D eigenvalue weighted by molar-refractivity contribution is -0.114. The zero-order chi connectivity index (χ0) is 22.9. The summed E-state index contributed by atoms with van der Waals surface area (Å²) in [5.74, 6) is 1.16. The van der Waals surface area contributed by atoms with Crippen molar-refractivity contribution in [2.75, 3.05) is 18.4 Å². The van der Waals surface area contributed by atoms with Crippen molar-refractivity contribution < 1.29 is 19.1 Å². The van der Waals surface area contributed by atoms with E-state index in [9.17, 15) is 9.59 Å². The van der Waals surface area contributed by atoms with Gasteiger partial charge in [-0.1, -0.05) is 12.1 Å². The van der Waals surface area contributed by atoms with Crippen LogP contribution in [0.4, 0.5) is 10.5 Å². The summed E-state index contributed by atoms with van der Waals surface area (Å²) in [5, 5.41) is 2.78. The summed E-state index contributed by atoms with van der Waals surface area (Å²) in [6.07, 6.45) is 4.36. The van der Waals surface area contributed by atoms with Crippen LogP contribution in [0.2, 0.25) is 0 Å². The number of fused-ring (bicyclic) bond motifs is 1. The maximum absolute atomic E-state index is 12.3. The summed E-state index contributed by atoms with van der Waals surface area (Å²) in [5.41, 5.74) is 3.35. The molecule has 1 fully saturated rings.